The normalized spacial score (nSPS) is 12.4. The second kappa shape index (κ2) is 16.2. The zero-order valence-corrected chi connectivity index (χ0v) is 29.8. The maximum atomic E-state index is 14.4. The number of rotatable bonds is 16. The third-order valence-electron chi connectivity index (χ3n) is 6.19. The Morgan fingerprint density at radius 1 is 0.774 bits per heavy atom. The Balaban J connectivity index is 1.57. The highest BCUT2D eigenvalue weighted by Crippen LogP contribution is 2.34. The van der Waals surface area contributed by atoms with Crippen LogP contribution in [0.2, 0.25) is 0 Å². The lowest BCUT2D eigenvalue weighted by Crippen LogP contribution is -2.15. The monoisotopic (exact) mass is 819 g/mol. The summed E-state index contributed by atoms with van der Waals surface area (Å²) in [7, 11) is -18.1. The Hall–Kier alpha value is -5.29. The molecular weight excluding hydrogens is 794 g/mol. The predicted molar refractivity (Wildman–Crippen MR) is 184 cm³/mol. The van der Waals surface area contributed by atoms with Gasteiger partial charge in [-0.1, -0.05) is 0 Å². The molecule has 22 nitrogen and oxygen atoms in total. The smallest absolute Gasteiger partial charge is 0.370 e. The van der Waals surface area contributed by atoms with Crippen LogP contribution in [-0.2, 0) is 49.5 Å². The van der Waals surface area contributed by atoms with Crippen LogP contribution in [0, 0.1) is 6.08 Å². The van der Waals surface area contributed by atoms with Crippen molar-refractivity contribution in [3.05, 3.63) is 66.7 Å². The van der Waals surface area contributed by atoms with E-state index in [9.17, 15) is 47.4 Å². The fourth-order valence-electron chi connectivity index (χ4n) is 4.03. The first-order chi connectivity index (χ1) is 24.6. The van der Waals surface area contributed by atoms with Crippen molar-refractivity contribution in [1.82, 2.24) is 15.0 Å². The SMILES string of the molecule is CC(=O)Nc1cc(NCS(=O)(=O)O)ccc1N=Nc1cc(Nc2nc(F)nc(Nc3ccc(S(=O)(=O)CCOS(=O)(=O)O)cc3)n2)ccc1S(=O)(=O)O. The van der Waals surface area contributed by atoms with Crippen molar-refractivity contribution in [3.63, 3.8) is 0 Å². The molecule has 3 aromatic carbocycles. The number of anilines is 6. The predicted octanol–water partition coefficient (Wildman–Crippen LogP) is 2.97. The second-order valence-electron chi connectivity index (χ2n) is 10.3. The molecule has 53 heavy (non-hydrogen) atoms. The van der Waals surface area contributed by atoms with Crippen molar-refractivity contribution >= 4 is 92.4 Å². The van der Waals surface area contributed by atoms with Gasteiger partial charge in [-0.25, -0.2) is 12.6 Å². The molecule has 0 aliphatic rings. The molecule has 0 spiro atoms. The van der Waals surface area contributed by atoms with Gasteiger partial charge >= 0.3 is 16.5 Å². The van der Waals surface area contributed by atoms with E-state index in [0.29, 0.717) is 0 Å². The first-order valence-electron chi connectivity index (χ1n) is 14.1. The fraction of sp³-hybridized carbons (Fsp3) is 0.154. The average molecular weight is 820 g/mol. The zero-order chi connectivity index (χ0) is 39.2. The largest absolute Gasteiger partial charge is 0.397 e. The molecule has 284 valence electrons. The van der Waals surface area contributed by atoms with Crippen molar-refractivity contribution < 1.29 is 60.7 Å². The first kappa shape index (κ1) is 40.5. The number of sulfone groups is 1. The van der Waals surface area contributed by atoms with Gasteiger partial charge in [-0.3, -0.25) is 18.5 Å². The van der Waals surface area contributed by atoms with Crippen LogP contribution < -0.4 is 21.3 Å². The van der Waals surface area contributed by atoms with Crippen LogP contribution >= 0.6 is 0 Å². The lowest BCUT2D eigenvalue weighted by Gasteiger charge is -2.11. The van der Waals surface area contributed by atoms with E-state index in [-0.39, 0.29) is 39.3 Å². The lowest BCUT2D eigenvalue weighted by molar-refractivity contribution is -0.114. The van der Waals surface area contributed by atoms with Gasteiger partial charge in [0.25, 0.3) is 20.2 Å². The van der Waals surface area contributed by atoms with E-state index >= 15 is 0 Å². The number of nitrogens with zero attached hydrogens (tertiary/aromatic N) is 5. The molecule has 0 aliphatic heterocycles. The fourth-order valence-corrected chi connectivity index (χ4v) is 6.47. The van der Waals surface area contributed by atoms with E-state index in [1.54, 1.807) is 0 Å². The molecule has 27 heteroatoms. The van der Waals surface area contributed by atoms with Crippen LogP contribution in [0.15, 0.2) is 80.7 Å². The third-order valence-corrected chi connectivity index (χ3v) is 9.76. The Bertz CT molecular complexity index is 2510. The number of halogens is 1. The Kier molecular flexibility index (Phi) is 12.3. The van der Waals surface area contributed by atoms with Gasteiger partial charge in [0.05, 0.1) is 22.9 Å². The molecule has 0 unspecified atom stereocenters. The Morgan fingerprint density at radius 3 is 1.94 bits per heavy atom. The first-order valence-corrected chi connectivity index (χ1v) is 20.2. The maximum absolute atomic E-state index is 14.4. The van der Waals surface area contributed by atoms with Gasteiger partial charge in [0.2, 0.25) is 17.8 Å². The number of carbonyl (C=O) groups is 1. The summed E-state index contributed by atoms with van der Waals surface area (Å²) in [6.07, 6.45) is -1.28. The average Bonchev–Trinajstić information content (AvgIpc) is 3.01. The Labute approximate surface area is 300 Å². The van der Waals surface area contributed by atoms with Crippen LogP contribution in [0.4, 0.5) is 50.4 Å². The van der Waals surface area contributed by atoms with E-state index in [1.807, 2.05) is 0 Å². The van der Waals surface area contributed by atoms with Crippen LogP contribution in [-0.4, -0.2) is 86.4 Å². The summed E-state index contributed by atoms with van der Waals surface area (Å²) in [5.41, 5.74) is -0.193. The van der Waals surface area contributed by atoms with E-state index in [0.717, 1.165) is 37.3 Å². The molecule has 4 aromatic rings. The van der Waals surface area contributed by atoms with Crippen LogP contribution in [0.25, 0.3) is 0 Å². The molecule has 0 atom stereocenters. The highest BCUT2D eigenvalue weighted by molar-refractivity contribution is 7.91. The summed E-state index contributed by atoms with van der Waals surface area (Å²) in [4.78, 5) is 21.9. The van der Waals surface area contributed by atoms with Crippen molar-refractivity contribution in [2.24, 2.45) is 10.2 Å². The summed E-state index contributed by atoms with van der Waals surface area (Å²) >= 11 is 0. The minimum atomic E-state index is -4.89. The minimum absolute atomic E-state index is 0.00211. The highest BCUT2D eigenvalue weighted by Gasteiger charge is 2.19. The van der Waals surface area contributed by atoms with Crippen LogP contribution in [0.1, 0.15) is 6.92 Å². The van der Waals surface area contributed by atoms with Crippen LogP contribution in [0.3, 0.4) is 0 Å². The number of aromatic nitrogens is 3. The minimum Gasteiger partial charge on any atom is -0.370 e. The van der Waals surface area contributed by atoms with Crippen molar-refractivity contribution in [3.8, 4) is 0 Å². The van der Waals surface area contributed by atoms with E-state index in [2.05, 4.69) is 50.6 Å². The molecule has 0 saturated heterocycles. The summed E-state index contributed by atoms with van der Waals surface area (Å²) in [5, 5.41) is 17.9. The van der Waals surface area contributed by atoms with E-state index in [1.165, 1.54) is 30.3 Å². The number of azo groups is 1. The van der Waals surface area contributed by atoms with E-state index < -0.39 is 87.2 Å². The molecular formula is C26H26FN9O13S4. The van der Waals surface area contributed by atoms with Gasteiger partial charge in [-0.05, 0) is 60.7 Å². The molecule has 1 aromatic heterocycles. The summed E-state index contributed by atoms with van der Waals surface area (Å²) in [6, 6.07) is 11.8. The molecule has 0 radical (unpaired) electrons. The third kappa shape index (κ3) is 12.7. The molecule has 1 amide bonds. The van der Waals surface area contributed by atoms with E-state index in [4.69, 9.17) is 9.11 Å². The summed E-state index contributed by atoms with van der Waals surface area (Å²) in [6.45, 7) is 0.330. The van der Waals surface area contributed by atoms with Gasteiger partial charge < -0.3 is 21.3 Å². The Morgan fingerprint density at radius 2 is 1.36 bits per heavy atom. The summed E-state index contributed by atoms with van der Waals surface area (Å²) in [5.74, 6) is -2.97. The number of hydrogen-bond acceptors (Lipinski definition) is 18. The quantitative estimate of drug-likeness (QED) is 0.0631. The van der Waals surface area contributed by atoms with Gasteiger partial charge in [-0.15, -0.1) is 10.2 Å². The lowest BCUT2D eigenvalue weighted by atomic mass is 10.2. The zero-order valence-electron chi connectivity index (χ0n) is 26.6. The molecule has 7 N–H and O–H groups in total. The van der Waals surface area contributed by atoms with Crippen molar-refractivity contribution in [2.75, 3.05) is 39.5 Å². The molecule has 4 rings (SSSR count). The van der Waals surface area contributed by atoms with Gasteiger partial charge in [0.1, 0.15) is 22.1 Å². The highest BCUT2D eigenvalue weighted by atomic mass is 32.3. The molecule has 0 bridgehead atoms. The number of benzene rings is 3. The molecule has 0 fully saturated rings. The standard InChI is InChI=1S/C26H26FN9O13S4/c1-15(37)29-21-12-17(28-14-51(40,41)42)4-8-20(21)35-36-22-13-18(5-9-23(22)52(43,44)45)31-26-33-24(27)32-25(34-26)30-16-2-6-19(7-3-16)50(38,39)11-10-49-53(46,47)48/h2-9,12-13,28H,10-11,14H2,1H3,(H,29,37)(H,40,41,42)(H,43,44,45)(H,46,47,48)(H2,30,31,32,33,34). The van der Waals surface area contributed by atoms with Crippen molar-refractivity contribution in [1.29, 1.82) is 0 Å². The van der Waals surface area contributed by atoms with Crippen molar-refractivity contribution in [2.45, 2.75) is 16.7 Å². The second-order valence-corrected chi connectivity index (χ2v) is 16.3. The molecule has 0 saturated carbocycles. The number of nitrogens with one attached hydrogen (secondary N) is 4. The van der Waals surface area contributed by atoms with Gasteiger partial charge in [-0.2, -0.15) is 44.6 Å². The number of hydrogen-bond donors (Lipinski definition) is 7. The van der Waals surface area contributed by atoms with Crippen LogP contribution in [0.5, 0.6) is 0 Å². The topological polar surface area (TPSA) is 335 Å². The van der Waals surface area contributed by atoms with Gasteiger partial charge in [0, 0.05) is 24.0 Å². The molecule has 0 aliphatic carbocycles. The number of carbonyl (C=O) groups excluding carboxylic acids is 1. The maximum Gasteiger partial charge on any atom is 0.397 e. The number of amides is 1. The van der Waals surface area contributed by atoms with Gasteiger partial charge in [0.15, 0.2) is 9.84 Å². The summed E-state index contributed by atoms with van der Waals surface area (Å²) < 4.78 is 138. The molecule has 1 heterocycles.